The summed E-state index contributed by atoms with van der Waals surface area (Å²) in [4.78, 5) is 2.08. The maximum atomic E-state index is 12.9. The topological polar surface area (TPSA) is 46.3 Å². The molecule has 1 aliphatic carbocycles. The normalized spacial score (nSPS) is 17.1. The summed E-state index contributed by atoms with van der Waals surface area (Å²) in [5, 5.41) is 10.9. The number of alkyl halides is 3. The Bertz CT molecular complexity index is 645. The molecule has 1 aliphatic rings. The Labute approximate surface area is 126 Å². The molecule has 0 radical (unpaired) electrons. The van der Waals surface area contributed by atoms with Gasteiger partial charge in [0.15, 0.2) is 5.65 Å². The predicted octanol–water partition coefficient (Wildman–Crippen LogP) is 3.30. The average Bonchev–Trinajstić information content (AvgIpc) is 2.92. The van der Waals surface area contributed by atoms with Crippen molar-refractivity contribution in [3.05, 3.63) is 18.0 Å². The average molecular weight is 313 g/mol. The van der Waals surface area contributed by atoms with Crippen molar-refractivity contribution in [2.75, 3.05) is 11.4 Å². The second-order valence-corrected chi connectivity index (χ2v) is 5.56. The van der Waals surface area contributed by atoms with Crippen molar-refractivity contribution in [3.8, 4) is 0 Å². The molecule has 2 heterocycles. The molecule has 120 valence electrons. The molecule has 3 rings (SSSR count). The minimum Gasteiger partial charge on any atom is -0.352 e. The number of anilines is 1. The number of rotatable bonds is 3. The Morgan fingerprint density at radius 3 is 2.55 bits per heavy atom. The Morgan fingerprint density at radius 2 is 1.91 bits per heavy atom. The van der Waals surface area contributed by atoms with Crippen LogP contribution in [0.5, 0.6) is 0 Å². The maximum Gasteiger partial charge on any atom is 0.453 e. The molecule has 2 aromatic rings. The number of halogens is 3. The van der Waals surface area contributed by atoms with E-state index in [1.54, 1.807) is 6.07 Å². The van der Waals surface area contributed by atoms with Crippen LogP contribution in [0.4, 0.5) is 19.0 Å². The van der Waals surface area contributed by atoms with Gasteiger partial charge in [0, 0.05) is 12.6 Å². The predicted molar refractivity (Wildman–Crippen MR) is 75.7 cm³/mol. The van der Waals surface area contributed by atoms with E-state index in [4.69, 9.17) is 0 Å². The summed E-state index contributed by atoms with van der Waals surface area (Å²) in [5.74, 6) is -0.531. The van der Waals surface area contributed by atoms with E-state index in [9.17, 15) is 13.2 Å². The molecule has 22 heavy (non-hydrogen) atoms. The molecule has 2 aromatic heterocycles. The van der Waals surface area contributed by atoms with Crippen LogP contribution in [-0.4, -0.2) is 32.4 Å². The summed E-state index contributed by atoms with van der Waals surface area (Å²) in [6.07, 6.45) is 1.09. The minimum atomic E-state index is -4.56. The fourth-order valence-corrected chi connectivity index (χ4v) is 3.11. The lowest BCUT2D eigenvalue weighted by Crippen LogP contribution is -2.37. The van der Waals surface area contributed by atoms with Crippen molar-refractivity contribution in [2.24, 2.45) is 0 Å². The van der Waals surface area contributed by atoms with E-state index in [0.717, 1.165) is 30.2 Å². The minimum absolute atomic E-state index is 0.107. The molecule has 0 bridgehead atoms. The van der Waals surface area contributed by atoms with Crippen LogP contribution in [0.1, 0.15) is 44.9 Å². The molecule has 0 unspecified atom stereocenters. The van der Waals surface area contributed by atoms with Gasteiger partial charge in [-0.15, -0.1) is 15.3 Å². The molecule has 0 amide bonds. The Morgan fingerprint density at radius 1 is 1.18 bits per heavy atom. The van der Waals surface area contributed by atoms with Gasteiger partial charge in [0.1, 0.15) is 5.82 Å². The van der Waals surface area contributed by atoms with Gasteiger partial charge < -0.3 is 4.90 Å². The molecular formula is C14H18F3N5. The zero-order valence-electron chi connectivity index (χ0n) is 12.3. The second-order valence-electron chi connectivity index (χ2n) is 5.56. The highest BCUT2D eigenvalue weighted by Crippen LogP contribution is 2.29. The third-order valence-corrected chi connectivity index (χ3v) is 4.15. The molecule has 8 heteroatoms. The highest BCUT2D eigenvalue weighted by Gasteiger charge is 2.38. The Kier molecular flexibility index (Phi) is 3.92. The van der Waals surface area contributed by atoms with Gasteiger partial charge in [0.05, 0.1) is 0 Å². The first kappa shape index (κ1) is 15.1. The summed E-state index contributed by atoms with van der Waals surface area (Å²) in [6.45, 7) is 2.71. The fourth-order valence-electron chi connectivity index (χ4n) is 3.11. The van der Waals surface area contributed by atoms with Gasteiger partial charge in [-0.25, -0.2) is 0 Å². The Balaban J connectivity index is 1.99. The smallest absolute Gasteiger partial charge is 0.352 e. The Hall–Kier alpha value is -1.86. The first-order valence-electron chi connectivity index (χ1n) is 7.57. The summed E-state index contributed by atoms with van der Waals surface area (Å²) in [6, 6.07) is 3.60. The maximum absolute atomic E-state index is 12.9. The van der Waals surface area contributed by atoms with Crippen molar-refractivity contribution < 1.29 is 13.2 Å². The second kappa shape index (κ2) is 5.73. The van der Waals surface area contributed by atoms with Crippen molar-refractivity contribution in [1.82, 2.24) is 19.8 Å². The summed E-state index contributed by atoms with van der Waals surface area (Å²) in [5.41, 5.74) is 0.107. The molecule has 1 fully saturated rings. The van der Waals surface area contributed by atoms with Gasteiger partial charge in [-0.1, -0.05) is 19.3 Å². The van der Waals surface area contributed by atoms with E-state index in [1.165, 1.54) is 12.5 Å². The monoisotopic (exact) mass is 313 g/mol. The third kappa shape index (κ3) is 2.74. The molecule has 0 saturated heterocycles. The van der Waals surface area contributed by atoms with Gasteiger partial charge in [-0.05, 0) is 31.9 Å². The van der Waals surface area contributed by atoms with Gasteiger partial charge in [0.2, 0.25) is 0 Å². The van der Waals surface area contributed by atoms with Crippen LogP contribution in [0.25, 0.3) is 5.65 Å². The van der Waals surface area contributed by atoms with Crippen LogP contribution in [0.15, 0.2) is 12.1 Å². The van der Waals surface area contributed by atoms with Crippen LogP contribution < -0.4 is 4.90 Å². The van der Waals surface area contributed by atoms with E-state index in [0.29, 0.717) is 18.4 Å². The molecule has 5 nitrogen and oxygen atoms in total. The van der Waals surface area contributed by atoms with Gasteiger partial charge >= 0.3 is 6.18 Å². The molecule has 0 spiro atoms. The van der Waals surface area contributed by atoms with E-state index >= 15 is 0 Å². The molecule has 1 saturated carbocycles. The first-order chi connectivity index (χ1) is 10.5. The van der Waals surface area contributed by atoms with E-state index in [2.05, 4.69) is 20.2 Å². The largest absolute Gasteiger partial charge is 0.453 e. The highest BCUT2D eigenvalue weighted by molar-refractivity contribution is 5.46. The lowest BCUT2D eigenvalue weighted by Gasteiger charge is -2.34. The molecule has 0 aromatic carbocycles. The molecular weight excluding hydrogens is 295 g/mol. The van der Waals surface area contributed by atoms with Crippen LogP contribution >= 0.6 is 0 Å². The number of nitrogens with zero attached hydrogens (tertiary/aromatic N) is 5. The summed E-state index contributed by atoms with van der Waals surface area (Å²) in [7, 11) is 0. The van der Waals surface area contributed by atoms with E-state index in [-0.39, 0.29) is 5.65 Å². The zero-order valence-corrected chi connectivity index (χ0v) is 12.3. The van der Waals surface area contributed by atoms with Gasteiger partial charge in [-0.3, -0.25) is 0 Å². The zero-order chi connectivity index (χ0) is 15.7. The van der Waals surface area contributed by atoms with Crippen LogP contribution in [0.3, 0.4) is 0 Å². The summed E-state index contributed by atoms with van der Waals surface area (Å²) < 4.78 is 39.6. The molecule has 0 N–H and O–H groups in total. The van der Waals surface area contributed by atoms with Crippen molar-refractivity contribution >= 4 is 11.5 Å². The lowest BCUT2D eigenvalue weighted by atomic mass is 9.94. The van der Waals surface area contributed by atoms with E-state index < -0.39 is 12.0 Å². The summed E-state index contributed by atoms with van der Waals surface area (Å²) >= 11 is 0. The van der Waals surface area contributed by atoms with Crippen LogP contribution in [-0.2, 0) is 6.18 Å². The van der Waals surface area contributed by atoms with E-state index in [1.807, 2.05) is 6.92 Å². The quantitative estimate of drug-likeness (QED) is 0.872. The van der Waals surface area contributed by atoms with Crippen LogP contribution in [0, 0.1) is 0 Å². The van der Waals surface area contributed by atoms with Gasteiger partial charge in [-0.2, -0.15) is 17.7 Å². The fraction of sp³-hybridized carbons (Fsp3) is 0.643. The highest BCUT2D eigenvalue weighted by atomic mass is 19.4. The first-order valence-corrected chi connectivity index (χ1v) is 7.57. The number of aromatic nitrogens is 4. The molecule has 0 atom stereocenters. The standard InChI is InChI=1S/C14H18F3N5/c1-2-21(10-6-4-3-5-7-10)12-9-8-11-18-19-13(14(15,16)17)22(11)20-12/h8-10H,2-7H2,1H3. The van der Waals surface area contributed by atoms with Crippen molar-refractivity contribution in [2.45, 2.75) is 51.2 Å². The molecule has 0 aliphatic heterocycles. The van der Waals surface area contributed by atoms with Crippen molar-refractivity contribution in [3.63, 3.8) is 0 Å². The van der Waals surface area contributed by atoms with Gasteiger partial charge in [0.25, 0.3) is 5.82 Å². The SMILES string of the molecule is CCN(c1ccc2nnc(C(F)(F)F)n2n1)C1CCCCC1. The van der Waals surface area contributed by atoms with Crippen LogP contribution in [0.2, 0.25) is 0 Å². The number of hydrogen-bond donors (Lipinski definition) is 0. The van der Waals surface area contributed by atoms with Crippen molar-refractivity contribution in [1.29, 1.82) is 0 Å². The number of hydrogen-bond acceptors (Lipinski definition) is 4. The lowest BCUT2D eigenvalue weighted by molar-refractivity contribution is -0.146. The third-order valence-electron chi connectivity index (χ3n) is 4.15. The number of fused-ring (bicyclic) bond motifs is 1.